The Bertz CT molecular complexity index is 456. The van der Waals surface area contributed by atoms with E-state index in [1.54, 1.807) is 11.8 Å². The fourth-order valence-electron chi connectivity index (χ4n) is 2.58. The molecule has 1 aliphatic carbocycles. The highest BCUT2D eigenvalue weighted by Crippen LogP contribution is 2.30. The first-order valence-electron chi connectivity index (χ1n) is 7.05. The molecule has 0 amide bonds. The molecule has 1 aromatic rings. The van der Waals surface area contributed by atoms with Crippen LogP contribution in [-0.2, 0) is 0 Å². The molecule has 1 saturated carbocycles. The molecule has 1 fully saturated rings. The number of hydrogen-bond donors (Lipinski definition) is 2. The van der Waals surface area contributed by atoms with Crippen LogP contribution in [0.2, 0.25) is 0 Å². The topological polar surface area (TPSA) is 37.0 Å². The Morgan fingerprint density at radius 3 is 2.65 bits per heavy atom. The smallest absolute Gasteiger partial charge is 0.168 e. The largest absolute Gasteiger partial charge is 0.368 e. The van der Waals surface area contributed by atoms with E-state index in [1.165, 1.54) is 6.42 Å². The van der Waals surface area contributed by atoms with Crippen LogP contribution in [0.1, 0.15) is 32.6 Å². The van der Waals surface area contributed by atoms with E-state index in [0.29, 0.717) is 11.8 Å². The Labute approximate surface area is 122 Å². The summed E-state index contributed by atoms with van der Waals surface area (Å²) in [6, 6.07) is 1.09. The highest BCUT2D eigenvalue weighted by Gasteiger charge is 2.25. The maximum Gasteiger partial charge on any atom is 0.168 e. The van der Waals surface area contributed by atoms with Crippen LogP contribution in [0, 0.1) is 11.6 Å². The predicted octanol–water partition coefficient (Wildman–Crippen LogP) is 3.88. The summed E-state index contributed by atoms with van der Waals surface area (Å²) >= 11 is 1.79. The molecule has 0 spiro atoms. The van der Waals surface area contributed by atoms with Crippen molar-refractivity contribution in [2.45, 2.75) is 43.9 Å². The second-order valence-electron chi connectivity index (χ2n) is 4.99. The molecule has 0 bridgehead atoms. The second-order valence-corrected chi connectivity index (χ2v) is 6.07. The third-order valence-electron chi connectivity index (χ3n) is 3.60. The summed E-state index contributed by atoms with van der Waals surface area (Å²) < 4.78 is 27.4. The van der Waals surface area contributed by atoms with Crippen LogP contribution in [0.5, 0.6) is 0 Å². The van der Waals surface area contributed by atoms with Gasteiger partial charge in [-0.3, -0.25) is 0 Å². The quantitative estimate of drug-likeness (QED) is 0.865. The first-order chi connectivity index (χ1) is 9.65. The van der Waals surface area contributed by atoms with Gasteiger partial charge in [-0.15, -0.1) is 0 Å². The summed E-state index contributed by atoms with van der Waals surface area (Å²) in [5.74, 6) is -1.03. The van der Waals surface area contributed by atoms with Gasteiger partial charge in [-0.2, -0.15) is 11.8 Å². The molecular weight excluding hydrogens is 280 g/mol. The summed E-state index contributed by atoms with van der Waals surface area (Å²) in [6.07, 6.45) is 6.55. The van der Waals surface area contributed by atoms with Gasteiger partial charge in [0.1, 0.15) is 0 Å². The van der Waals surface area contributed by atoms with Crippen molar-refractivity contribution in [3.05, 3.63) is 17.7 Å². The number of halogens is 2. The molecule has 112 valence electrons. The van der Waals surface area contributed by atoms with Crippen molar-refractivity contribution in [1.29, 1.82) is 0 Å². The molecule has 0 saturated heterocycles. The first kappa shape index (κ1) is 15.4. The molecule has 0 radical (unpaired) electrons. The summed E-state index contributed by atoms with van der Waals surface area (Å²) in [6.45, 7) is 2.40. The fourth-order valence-corrected chi connectivity index (χ4v) is 3.51. The number of rotatable bonds is 5. The predicted molar refractivity (Wildman–Crippen MR) is 81.5 cm³/mol. The van der Waals surface area contributed by atoms with Gasteiger partial charge >= 0.3 is 0 Å². The Balaban J connectivity index is 2.17. The summed E-state index contributed by atoms with van der Waals surface area (Å²) in [5, 5.41) is 6.43. The average molecular weight is 301 g/mol. The highest BCUT2D eigenvalue weighted by molar-refractivity contribution is 7.99. The molecule has 0 aromatic carbocycles. The van der Waals surface area contributed by atoms with Gasteiger partial charge in [0, 0.05) is 23.9 Å². The number of nitrogens with zero attached hydrogens (tertiary/aromatic N) is 1. The minimum Gasteiger partial charge on any atom is -0.368 e. The Hall–Kier alpha value is -1.04. The lowest BCUT2D eigenvalue weighted by molar-refractivity contribution is 0.471. The van der Waals surface area contributed by atoms with Crippen LogP contribution >= 0.6 is 11.8 Å². The zero-order chi connectivity index (χ0) is 14.5. The molecule has 6 heteroatoms. The van der Waals surface area contributed by atoms with E-state index < -0.39 is 11.6 Å². The van der Waals surface area contributed by atoms with Crippen molar-refractivity contribution >= 4 is 23.4 Å². The van der Waals surface area contributed by atoms with E-state index in [1.807, 2.05) is 6.92 Å². The SMILES string of the molecule is CCNc1nc(NC2CCCCC2SC)c(F)cc1F. The molecule has 2 unspecified atom stereocenters. The van der Waals surface area contributed by atoms with Crippen LogP contribution in [0.4, 0.5) is 20.4 Å². The third-order valence-corrected chi connectivity index (χ3v) is 4.77. The van der Waals surface area contributed by atoms with Crippen molar-refractivity contribution in [1.82, 2.24) is 4.98 Å². The van der Waals surface area contributed by atoms with E-state index in [9.17, 15) is 8.78 Å². The van der Waals surface area contributed by atoms with E-state index in [0.717, 1.165) is 25.3 Å². The van der Waals surface area contributed by atoms with E-state index in [2.05, 4.69) is 21.9 Å². The number of thioether (sulfide) groups is 1. The van der Waals surface area contributed by atoms with E-state index in [-0.39, 0.29) is 17.7 Å². The molecule has 2 atom stereocenters. The standard InChI is InChI=1S/C14H21F2N3S/c1-3-17-13-9(15)8-10(16)14(19-13)18-11-6-4-5-7-12(11)20-2/h8,11-12H,3-7H2,1-2H3,(H2,17,18,19). The zero-order valence-corrected chi connectivity index (χ0v) is 12.7. The lowest BCUT2D eigenvalue weighted by Gasteiger charge is -2.31. The van der Waals surface area contributed by atoms with Crippen molar-refractivity contribution in [3.63, 3.8) is 0 Å². The first-order valence-corrected chi connectivity index (χ1v) is 8.33. The van der Waals surface area contributed by atoms with Gasteiger partial charge in [0.25, 0.3) is 0 Å². The van der Waals surface area contributed by atoms with Gasteiger partial charge in [0.2, 0.25) is 0 Å². The minimum absolute atomic E-state index is 0.105. The highest BCUT2D eigenvalue weighted by atomic mass is 32.2. The fraction of sp³-hybridized carbons (Fsp3) is 0.643. The van der Waals surface area contributed by atoms with Crippen molar-refractivity contribution in [2.24, 2.45) is 0 Å². The summed E-state index contributed by atoms with van der Waals surface area (Å²) in [7, 11) is 0. The molecule has 0 aliphatic heterocycles. The minimum atomic E-state index is -0.653. The number of aromatic nitrogens is 1. The van der Waals surface area contributed by atoms with Crippen molar-refractivity contribution in [3.8, 4) is 0 Å². The van der Waals surface area contributed by atoms with Crippen molar-refractivity contribution < 1.29 is 8.78 Å². The average Bonchev–Trinajstić information content (AvgIpc) is 2.45. The molecule has 20 heavy (non-hydrogen) atoms. The van der Waals surface area contributed by atoms with Gasteiger partial charge in [-0.25, -0.2) is 13.8 Å². The second kappa shape index (κ2) is 7.11. The van der Waals surface area contributed by atoms with Gasteiger partial charge < -0.3 is 10.6 Å². The maximum absolute atomic E-state index is 13.9. The van der Waals surface area contributed by atoms with Gasteiger partial charge in [0.05, 0.1) is 0 Å². The number of nitrogens with one attached hydrogen (secondary N) is 2. The maximum atomic E-state index is 13.9. The number of anilines is 2. The van der Waals surface area contributed by atoms with Crippen LogP contribution in [0.15, 0.2) is 6.07 Å². The molecule has 1 aromatic heterocycles. The van der Waals surface area contributed by atoms with Gasteiger partial charge in [-0.1, -0.05) is 12.8 Å². The number of pyridine rings is 1. The molecule has 2 N–H and O–H groups in total. The summed E-state index contributed by atoms with van der Waals surface area (Å²) in [4.78, 5) is 4.04. The van der Waals surface area contributed by atoms with Gasteiger partial charge in [0.15, 0.2) is 23.3 Å². The lowest BCUT2D eigenvalue weighted by atomic mass is 9.95. The summed E-state index contributed by atoms with van der Waals surface area (Å²) in [5.41, 5.74) is 0. The molecule has 3 nitrogen and oxygen atoms in total. The molecule has 1 aliphatic rings. The van der Waals surface area contributed by atoms with Crippen LogP contribution < -0.4 is 10.6 Å². The van der Waals surface area contributed by atoms with Crippen LogP contribution in [0.25, 0.3) is 0 Å². The molecule has 1 heterocycles. The Morgan fingerprint density at radius 1 is 1.25 bits per heavy atom. The van der Waals surface area contributed by atoms with Crippen LogP contribution in [0.3, 0.4) is 0 Å². The number of hydrogen-bond acceptors (Lipinski definition) is 4. The molecular formula is C14H21F2N3S. The Kier molecular flexibility index (Phi) is 5.46. The Morgan fingerprint density at radius 2 is 1.95 bits per heavy atom. The van der Waals surface area contributed by atoms with E-state index in [4.69, 9.17) is 0 Å². The normalized spacial score (nSPS) is 22.6. The van der Waals surface area contributed by atoms with Crippen molar-refractivity contribution in [2.75, 3.05) is 23.4 Å². The van der Waals surface area contributed by atoms with Gasteiger partial charge in [-0.05, 0) is 26.0 Å². The zero-order valence-electron chi connectivity index (χ0n) is 11.9. The lowest BCUT2D eigenvalue weighted by Crippen LogP contribution is -2.35. The monoisotopic (exact) mass is 301 g/mol. The third kappa shape index (κ3) is 3.53. The van der Waals surface area contributed by atoms with Crippen LogP contribution in [-0.4, -0.2) is 29.1 Å². The molecule has 2 rings (SSSR count). The van der Waals surface area contributed by atoms with E-state index >= 15 is 0 Å².